The first-order chi connectivity index (χ1) is 10.2. The molecule has 6 nitrogen and oxygen atoms in total. The molecule has 0 saturated heterocycles. The highest BCUT2D eigenvalue weighted by Gasteiger charge is 2.08. The van der Waals surface area contributed by atoms with Crippen LogP contribution in [0.2, 0.25) is 0 Å². The Balaban J connectivity index is 2.12. The summed E-state index contributed by atoms with van der Waals surface area (Å²) >= 11 is 0. The third-order valence-corrected chi connectivity index (χ3v) is 2.89. The first-order valence-electron chi connectivity index (χ1n) is 7.14. The van der Waals surface area contributed by atoms with Crippen LogP contribution < -0.4 is 15.4 Å². The van der Waals surface area contributed by atoms with Crippen LogP contribution in [-0.2, 0) is 4.79 Å². The quantitative estimate of drug-likeness (QED) is 0.708. The maximum Gasteiger partial charge on any atom is 0.317 e. The van der Waals surface area contributed by atoms with Crippen molar-refractivity contribution in [2.24, 2.45) is 0 Å². The topological polar surface area (TPSA) is 70.7 Å². The van der Waals surface area contributed by atoms with E-state index in [0.29, 0.717) is 31.9 Å². The number of benzene rings is 1. The summed E-state index contributed by atoms with van der Waals surface area (Å²) in [6.45, 7) is 5.92. The number of nitrogens with zero attached hydrogens (tertiary/aromatic N) is 1. The molecule has 0 aliphatic rings. The summed E-state index contributed by atoms with van der Waals surface area (Å²) in [6, 6.07) is 9.03. The summed E-state index contributed by atoms with van der Waals surface area (Å²) in [5, 5.41) is 5.43. The second-order valence-electron chi connectivity index (χ2n) is 4.36. The second-order valence-corrected chi connectivity index (χ2v) is 4.36. The molecule has 0 heterocycles. The van der Waals surface area contributed by atoms with Gasteiger partial charge in [0, 0.05) is 26.2 Å². The van der Waals surface area contributed by atoms with Gasteiger partial charge in [0.15, 0.2) is 6.61 Å². The fourth-order valence-corrected chi connectivity index (χ4v) is 1.71. The van der Waals surface area contributed by atoms with Crippen LogP contribution in [0.25, 0.3) is 0 Å². The van der Waals surface area contributed by atoms with E-state index >= 15 is 0 Å². The zero-order chi connectivity index (χ0) is 15.5. The Kier molecular flexibility index (Phi) is 7.71. The molecule has 1 rings (SSSR count). The number of urea groups is 1. The van der Waals surface area contributed by atoms with Crippen LogP contribution in [0.3, 0.4) is 0 Å². The number of amides is 3. The molecule has 0 atom stereocenters. The van der Waals surface area contributed by atoms with Crippen LogP contribution in [0.1, 0.15) is 13.8 Å². The number of rotatable bonds is 8. The van der Waals surface area contributed by atoms with E-state index in [0.717, 1.165) is 0 Å². The number of ether oxygens (including phenoxy) is 1. The number of carbonyl (C=O) groups excluding carboxylic acids is 2. The Morgan fingerprint density at radius 3 is 2.29 bits per heavy atom. The van der Waals surface area contributed by atoms with Crippen LogP contribution in [0.4, 0.5) is 4.79 Å². The minimum Gasteiger partial charge on any atom is -0.484 e. The highest BCUT2D eigenvalue weighted by Crippen LogP contribution is 2.07. The van der Waals surface area contributed by atoms with Crippen LogP contribution in [0, 0.1) is 0 Å². The lowest BCUT2D eigenvalue weighted by Crippen LogP contribution is -2.43. The molecule has 1 aromatic rings. The molecule has 0 bridgehead atoms. The summed E-state index contributed by atoms with van der Waals surface area (Å²) < 4.78 is 5.31. The van der Waals surface area contributed by atoms with E-state index in [4.69, 9.17) is 4.74 Å². The second kappa shape index (κ2) is 9.63. The third-order valence-electron chi connectivity index (χ3n) is 2.89. The van der Waals surface area contributed by atoms with Crippen molar-refractivity contribution < 1.29 is 14.3 Å². The summed E-state index contributed by atoms with van der Waals surface area (Å²) in [5.41, 5.74) is 0. The van der Waals surface area contributed by atoms with Crippen LogP contribution in [-0.4, -0.2) is 49.6 Å². The fourth-order valence-electron chi connectivity index (χ4n) is 1.71. The monoisotopic (exact) mass is 293 g/mol. The predicted molar refractivity (Wildman–Crippen MR) is 81.3 cm³/mol. The van der Waals surface area contributed by atoms with Crippen molar-refractivity contribution in [1.82, 2.24) is 15.5 Å². The first kappa shape index (κ1) is 16.8. The molecule has 6 heteroatoms. The number of hydrogen-bond acceptors (Lipinski definition) is 3. The van der Waals surface area contributed by atoms with Crippen molar-refractivity contribution in [3.05, 3.63) is 30.3 Å². The maximum atomic E-state index is 11.6. The van der Waals surface area contributed by atoms with Gasteiger partial charge in [-0.15, -0.1) is 0 Å². The molecule has 1 aromatic carbocycles. The van der Waals surface area contributed by atoms with Gasteiger partial charge < -0.3 is 20.3 Å². The Morgan fingerprint density at radius 1 is 1.05 bits per heavy atom. The normalized spacial score (nSPS) is 9.81. The van der Waals surface area contributed by atoms with Gasteiger partial charge in [0.2, 0.25) is 0 Å². The molecule has 0 radical (unpaired) electrons. The van der Waals surface area contributed by atoms with E-state index < -0.39 is 0 Å². The third kappa shape index (κ3) is 6.65. The summed E-state index contributed by atoms with van der Waals surface area (Å²) in [7, 11) is 0. The smallest absolute Gasteiger partial charge is 0.317 e. The summed E-state index contributed by atoms with van der Waals surface area (Å²) in [4.78, 5) is 24.9. The van der Waals surface area contributed by atoms with E-state index in [1.807, 2.05) is 32.0 Å². The minimum absolute atomic E-state index is 0.0337. The number of carbonyl (C=O) groups is 2. The molecule has 0 aromatic heterocycles. The number of para-hydroxylation sites is 1. The number of nitrogens with one attached hydrogen (secondary N) is 2. The van der Waals surface area contributed by atoms with E-state index in [-0.39, 0.29) is 18.5 Å². The Bertz CT molecular complexity index is 433. The van der Waals surface area contributed by atoms with E-state index in [1.165, 1.54) is 0 Å². The lowest BCUT2D eigenvalue weighted by molar-refractivity contribution is -0.123. The van der Waals surface area contributed by atoms with Gasteiger partial charge in [-0.1, -0.05) is 18.2 Å². The molecule has 0 spiro atoms. The Morgan fingerprint density at radius 2 is 1.67 bits per heavy atom. The van der Waals surface area contributed by atoms with Crippen molar-refractivity contribution in [2.45, 2.75) is 13.8 Å². The van der Waals surface area contributed by atoms with Gasteiger partial charge in [-0.2, -0.15) is 0 Å². The van der Waals surface area contributed by atoms with Gasteiger partial charge in [-0.25, -0.2) is 4.79 Å². The van der Waals surface area contributed by atoms with Crippen molar-refractivity contribution in [1.29, 1.82) is 0 Å². The van der Waals surface area contributed by atoms with Gasteiger partial charge >= 0.3 is 6.03 Å². The molecular formula is C15H23N3O3. The first-order valence-corrected chi connectivity index (χ1v) is 7.14. The maximum absolute atomic E-state index is 11.6. The molecule has 21 heavy (non-hydrogen) atoms. The molecular weight excluding hydrogens is 270 g/mol. The van der Waals surface area contributed by atoms with Crippen LogP contribution >= 0.6 is 0 Å². The predicted octanol–water partition coefficient (Wildman–Crippen LogP) is 1.23. The van der Waals surface area contributed by atoms with Gasteiger partial charge in [0.25, 0.3) is 5.91 Å². The highest BCUT2D eigenvalue weighted by atomic mass is 16.5. The average molecular weight is 293 g/mol. The minimum atomic E-state index is -0.212. The molecule has 116 valence electrons. The van der Waals surface area contributed by atoms with Crippen molar-refractivity contribution in [3.63, 3.8) is 0 Å². The molecule has 0 unspecified atom stereocenters. The summed E-state index contributed by atoms with van der Waals surface area (Å²) in [6.07, 6.45) is 0. The SMILES string of the molecule is CCN(CC)C(=O)NCCNC(=O)COc1ccccc1. The van der Waals surface area contributed by atoms with E-state index in [9.17, 15) is 9.59 Å². The standard InChI is InChI=1S/C15H23N3O3/c1-3-18(4-2)15(20)17-11-10-16-14(19)12-21-13-8-6-5-7-9-13/h5-9H,3-4,10-12H2,1-2H3,(H,16,19)(H,17,20). The molecule has 0 fully saturated rings. The Hall–Kier alpha value is -2.24. The van der Waals surface area contributed by atoms with Crippen molar-refractivity contribution in [2.75, 3.05) is 32.8 Å². The average Bonchev–Trinajstić information content (AvgIpc) is 2.52. The molecule has 0 saturated carbocycles. The Labute approximate surface area is 125 Å². The lowest BCUT2D eigenvalue weighted by atomic mass is 10.3. The molecule has 3 amide bonds. The zero-order valence-electron chi connectivity index (χ0n) is 12.6. The van der Waals surface area contributed by atoms with Gasteiger partial charge in [-0.05, 0) is 26.0 Å². The highest BCUT2D eigenvalue weighted by molar-refractivity contribution is 5.77. The van der Waals surface area contributed by atoms with E-state index in [2.05, 4.69) is 10.6 Å². The molecule has 0 aliphatic carbocycles. The largest absolute Gasteiger partial charge is 0.484 e. The fraction of sp³-hybridized carbons (Fsp3) is 0.467. The number of hydrogen-bond donors (Lipinski definition) is 2. The van der Waals surface area contributed by atoms with Gasteiger partial charge in [0.1, 0.15) is 5.75 Å². The molecule has 2 N–H and O–H groups in total. The molecule has 0 aliphatic heterocycles. The van der Waals surface area contributed by atoms with E-state index in [1.54, 1.807) is 17.0 Å². The van der Waals surface area contributed by atoms with Crippen molar-refractivity contribution in [3.8, 4) is 5.75 Å². The van der Waals surface area contributed by atoms with Gasteiger partial charge in [0.05, 0.1) is 0 Å². The zero-order valence-corrected chi connectivity index (χ0v) is 12.6. The van der Waals surface area contributed by atoms with Crippen LogP contribution in [0.15, 0.2) is 30.3 Å². The van der Waals surface area contributed by atoms with Gasteiger partial charge in [-0.3, -0.25) is 4.79 Å². The van der Waals surface area contributed by atoms with Crippen LogP contribution in [0.5, 0.6) is 5.75 Å². The lowest BCUT2D eigenvalue weighted by Gasteiger charge is -2.19. The summed E-state index contributed by atoms with van der Waals surface area (Å²) in [5.74, 6) is 0.443. The van der Waals surface area contributed by atoms with Crippen molar-refractivity contribution >= 4 is 11.9 Å².